The Morgan fingerprint density at radius 2 is 0.913 bits per heavy atom. The average molecular weight is 883 g/mol. The number of para-hydroxylation sites is 1. The highest BCUT2D eigenvalue weighted by atomic mass is 15.1. The van der Waals surface area contributed by atoms with Crippen molar-refractivity contribution in [2.75, 3.05) is 4.90 Å². The number of rotatable bonds is 8. The van der Waals surface area contributed by atoms with Gasteiger partial charge in [0.1, 0.15) is 0 Å². The number of benzene rings is 10. The van der Waals surface area contributed by atoms with Crippen LogP contribution in [0.1, 0.15) is 70.2 Å². The van der Waals surface area contributed by atoms with Crippen LogP contribution in [0.3, 0.4) is 0 Å². The normalized spacial score (nSPS) is 16.0. The van der Waals surface area contributed by atoms with Gasteiger partial charge in [-0.2, -0.15) is 0 Å². The number of aromatic nitrogens is 1. The Morgan fingerprint density at radius 3 is 1.59 bits per heavy atom. The molecule has 1 aromatic heterocycles. The van der Waals surface area contributed by atoms with E-state index in [1.807, 2.05) is 0 Å². The predicted octanol–water partition coefficient (Wildman–Crippen LogP) is 17.3. The van der Waals surface area contributed by atoms with Gasteiger partial charge in [0, 0.05) is 50.8 Å². The molecule has 0 radical (unpaired) electrons. The lowest BCUT2D eigenvalue weighted by Crippen LogP contribution is -2.21. The number of hydrogen-bond acceptors (Lipinski definition) is 1. The molecule has 14 rings (SSSR count). The van der Waals surface area contributed by atoms with Crippen molar-refractivity contribution in [1.82, 2.24) is 4.57 Å². The van der Waals surface area contributed by atoms with Crippen LogP contribution in [0.2, 0.25) is 0 Å². The summed E-state index contributed by atoms with van der Waals surface area (Å²) >= 11 is 0. The van der Waals surface area contributed by atoms with Crippen molar-refractivity contribution < 1.29 is 0 Å². The minimum Gasteiger partial charge on any atom is -0.310 e. The van der Waals surface area contributed by atoms with E-state index in [1.54, 1.807) is 0 Å². The molecule has 0 saturated carbocycles. The second-order valence-corrected chi connectivity index (χ2v) is 20.0. The zero-order chi connectivity index (χ0) is 45.8. The molecule has 328 valence electrons. The quantitative estimate of drug-likeness (QED) is 0.148. The first-order chi connectivity index (χ1) is 33.9. The molecular formula is C67H50N2. The van der Waals surface area contributed by atoms with Gasteiger partial charge in [-0.05, 0) is 157 Å². The fourth-order valence-corrected chi connectivity index (χ4v) is 12.2. The molecule has 2 heteroatoms. The topological polar surface area (TPSA) is 8.17 Å². The van der Waals surface area contributed by atoms with Gasteiger partial charge < -0.3 is 9.47 Å². The van der Waals surface area contributed by atoms with Crippen molar-refractivity contribution in [1.29, 1.82) is 0 Å². The minimum atomic E-state index is -0.104. The predicted molar refractivity (Wildman–Crippen MR) is 288 cm³/mol. The van der Waals surface area contributed by atoms with Crippen LogP contribution < -0.4 is 4.90 Å². The maximum Gasteiger partial charge on any atom is 0.0541 e. The van der Waals surface area contributed by atoms with Gasteiger partial charge in [-0.3, -0.25) is 0 Å². The molecule has 3 aliphatic carbocycles. The molecular weight excluding hydrogens is 833 g/mol. The van der Waals surface area contributed by atoms with Crippen molar-refractivity contribution in [3.63, 3.8) is 0 Å². The third-order valence-electron chi connectivity index (χ3n) is 15.9. The molecule has 0 spiro atoms. The Labute approximate surface area is 404 Å². The summed E-state index contributed by atoms with van der Waals surface area (Å²) in [5.41, 5.74) is 26.0. The van der Waals surface area contributed by atoms with Gasteiger partial charge in [0.15, 0.2) is 0 Å². The molecule has 1 heterocycles. The lowest BCUT2D eigenvalue weighted by molar-refractivity contribution is 0.660. The minimum absolute atomic E-state index is 0.104. The van der Waals surface area contributed by atoms with E-state index in [-0.39, 0.29) is 5.41 Å². The Bertz CT molecular complexity index is 3740. The molecule has 2 unspecified atom stereocenters. The zero-order valence-corrected chi connectivity index (χ0v) is 38.9. The summed E-state index contributed by atoms with van der Waals surface area (Å²) in [6.45, 7) is 4.72. The zero-order valence-electron chi connectivity index (χ0n) is 38.9. The molecule has 0 amide bonds. The van der Waals surface area contributed by atoms with Crippen LogP contribution in [-0.4, -0.2) is 4.57 Å². The van der Waals surface area contributed by atoms with E-state index in [9.17, 15) is 0 Å². The molecule has 2 nitrogen and oxygen atoms in total. The second-order valence-electron chi connectivity index (χ2n) is 20.0. The first-order valence-electron chi connectivity index (χ1n) is 24.6. The number of nitrogens with zero attached hydrogens (tertiary/aromatic N) is 2. The van der Waals surface area contributed by atoms with Gasteiger partial charge in [-0.1, -0.05) is 178 Å². The fraction of sp³-hybridized carbons (Fsp3) is 0.104. The molecule has 0 saturated heterocycles. The summed E-state index contributed by atoms with van der Waals surface area (Å²) in [5, 5.41) is 2.54. The first-order valence-corrected chi connectivity index (χ1v) is 24.6. The Kier molecular flexibility index (Phi) is 8.92. The maximum absolute atomic E-state index is 2.52. The van der Waals surface area contributed by atoms with E-state index >= 15 is 0 Å². The van der Waals surface area contributed by atoms with E-state index in [0.29, 0.717) is 11.8 Å². The summed E-state index contributed by atoms with van der Waals surface area (Å²) < 4.78 is 2.52. The van der Waals surface area contributed by atoms with Gasteiger partial charge in [0.2, 0.25) is 0 Å². The largest absolute Gasteiger partial charge is 0.310 e. The van der Waals surface area contributed by atoms with Crippen LogP contribution in [-0.2, 0) is 18.3 Å². The molecule has 11 aromatic rings. The van der Waals surface area contributed by atoms with Gasteiger partial charge in [-0.15, -0.1) is 0 Å². The monoisotopic (exact) mass is 882 g/mol. The molecule has 0 bridgehead atoms. The third kappa shape index (κ3) is 6.32. The average Bonchev–Trinajstić information content (AvgIpc) is 3.83. The van der Waals surface area contributed by atoms with E-state index < -0.39 is 0 Å². The first kappa shape index (κ1) is 39.9. The molecule has 0 fully saturated rings. The van der Waals surface area contributed by atoms with E-state index in [4.69, 9.17) is 0 Å². The molecule has 10 aromatic carbocycles. The van der Waals surface area contributed by atoms with Gasteiger partial charge >= 0.3 is 0 Å². The van der Waals surface area contributed by atoms with Gasteiger partial charge in [-0.25, -0.2) is 0 Å². The highest BCUT2D eigenvalue weighted by Gasteiger charge is 2.36. The highest BCUT2D eigenvalue weighted by Crippen LogP contribution is 2.51. The molecule has 0 N–H and O–H groups in total. The van der Waals surface area contributed by atoms with Crippen LogP contribution >= 0.6 is 0 Å². The summed E-state index contributed by atoms with van der Waals surface area (Å²) in [6, 6.07) is 86.4. The Hall–Kier alpha value is -8.20. The Balaban J connectivity index is 0.858. The van der Waals surface area contributed by atoms with E-state index in [0.717, 1.165) is 29.9 Å². The molecule has 3 aliphatic rings. The van der Waals surface area contributed by atoms with Crippen molar-refractivity contribution in [3.05, 3.63) is 275 Å². The molecule has 2 atom stereocenters. The number of anilines is 3. The van der Waals surface area contributed by atoms with Crippen LogP contribution in [0, 0.1) is 0 Å². The summed E-state index contributed by atoms with van der Waals surface area (Å²) in [5.74, 6) is 0.822. The van der Waals surface area contributed by atoms with E-state index in [2.05, 4.69) is 254 Å². The van der Waals surface area contributed by atoms with Crippen LogP contribution in [0.15, 0.2) is 231 Å². The van der Waals surface area contributed by atoms with Crippen LogP contribution in [0.25, 0.3) is 60.9 Å². The lowest BCUT2D eigenvalue weighted by atomic mass is 9.70. The number of hydrogen-bond donors (Lipinski definition) is 0. The van der Waals surface area contributed by atoms with Crippen LogP contribution in [0.4, 0.5) is 17.1 Å². The smallest absolute Gasteiger partial charge is 0.0541 e. The molecule has 0 aliphatic heterocycles. The Morgan fingerprint density at radius 1 is 0.391 bits per heavy atom. The van der Waals surface area contributed by atoms with Crippen molar-refractivity contribution in [2.45, 2.75) is 43.9 Å². The molecule has 69 heavy (non-hydrogen) atoms. The van der Waals surface area contributed by atoms with Crippen LogP contribution in [0.5, 0.6) is 0 Å². The SMILES string of the molecule is CC1(C)c2ccccc2-c2ccc(N(c3ccc(-c4ccccc4)cc3)c3ccc(-c4ccc5c(c4)c4ccccc4n5-c4cc(C5Cc6ccccc65)cc(C5Cc6ccccc65)c4)cc3)cc21. The maximum atomic E-state index is 2.52. The standard InChI is InChI=1S/C67H50N2/c1-67(2)63-22-12-10-20-57(63)58-34-33-53(42-64(58)67)68(51-29-24-44(25-30-51)43-14-4-3-5-15-43)52-31-26-45(27-32-52)46-28-35-66-62(39-46)59-21-11-13-23-65(59)69(66)54-37-49(60-40-47-16-6-8-18-55(47)60)36-50(38-54)61-41-48-17-7-9-19-56(48)61/h3-39,42,60-61H,40-41H2,1-2H3. The van der Waals surface area contributed by atoms with E-state index in [1.165, 1.54) is 105 Å². The van der Waals surface area contributed by atoms with Crippen molar-refractivity contribution >= 4 is 38.9 Å². The summed E-state index contributed by atoms with van der Waals surface area (Å²) in [4.78, 5) is 2.42. The lowest BCUT2D eigenvalue weighted by Gasteiger charge is -2.34. The van der Waals surface area contributed by atoms with Gasteiger partial charge in [0.25, 0.3) is 0 Å². The van der Waals surface area contributed by atoms with Crippen molar-refractivity contribution in [2.24, 2.45) is 0 Å². The summed E-state index contributed by atoms with van der Waals surface area (Å²) in [7, 11) is 0. The highest BCUT2D eigenvalue weighted by molar-refractivity contribution is 6.10. The van der Waals surface area contributed by atoms with Crippen molar-refractivity contribution in [3.8, 4) is 39.1 Å². The third-order valence-corrected chi connectivity index (χ3v) is 15.9. The summed E-state index contributed by atoms with van der Waals surface area (Å²) in [6.07, 6.45) is 2.18. The second kappa shape index (κ2) is 15.4. The van der Waals surface area contributed by atoms with Gasteiger partial charge in [0.05, 0.1) is 11.0 Å². The number of fused-ring (bicyclic) bond motifs is 8. The fourth-order valence-electron chi connectivity index (χ4n) is 12.2.